The lowest BCUT2D eigenvalue weighted by atomic mass is 9.97. The average Bonchev–Trinajstić information content (AvgIpc) is 2.88. The SMILES string of the molecule is NC(c1ccc2c(c1)CCO2)c1cc(Cl)ccc1I. The lowest BCUT2D eigenvalue weighted by molar-refractivity contribution is 0.357. The van der Waals surface area contributed by atoms with Crippen LogP contribution < -0.4 is 10.5 Å². The molecule has 1 aliphatic heterocycles. The van der Waals surface area contributed by atoms with Crippen molar-refractivity contribution in [3.05, 3.63) is 61.7 Å². The topological polar surface area (TPSA) is 35.2 Å². The van der Waals surface area contributed by atoms with Crippen molar-refractivity contribution in [3.63, 3.8) is 0 Å². The molecule has 98 valence electrons. The van der Waals surface area contributed by atoms with Gasteiger partial charge in [-0.2, -0.15) is 0 Å². The third kappa shape index (κ3) is 2.59. The molecular weight excluding hydrogens is 373 g/mol. The second kappa shape index (κ2) is 5.31. The highest BCUT2D eigenvalue weighted by Gasteiger charge is 2.17. The monoisotopic (exact) mass is 385 g/mol. The number of fused-ring (bicyclic) bond motifs is 1. The number of nitrogens with two attached hydrogens (primary N) is 1. The van der Waals surface area contributed by atoms with Crippen molar-refractivity contribution in [2.45, 2.75) is 12.5 Å². The normalized spacial score (nSPS) is 14.9. The molecule has 1 atom stereocenters. The lowest BCUT2D eigenvalue weighted by Crippen LogP contribution is -2.13. The first-order valence-corrected chi connectivity index (χ1v) is 7.57. The summed E-state index contributed by atoms with van der Waals surface area (Å²) >= 11 is 8.36. The number of ether oxygens (including phenoxy) is 1. The number of hydrogen-bond acceptors (Lipinski definition) is 2. The van der Waals surface area contributed by atoms with Crippen LogP contribution in [0.1, 0.15) is 22.7 Å². The van der Waals surface area contributed by atoms with Gasteiger partial charge >= 0.3 is 0 Å². The molecule has 1 heterocycles. The molecule has 0 aromatic heterocycles. The van der Waals surface area contributed by atoms with E-state index in [-0.39, 0.29) is 6.04 Å². The molecule has 0 saturated heterocycles. The quantitative estimate of drug-likeness (QED) is 0.795. The minimum atomic E-state index is -0.156. The predicted molar refractivity (Wildman–Crippen MR) is 85.8 cm³/mol. The summed E-state index contributed by atoms with van der Waals surface area (Å²) in [5.74, 6) is 0.983. The summed E-state index contributed by atoms with van der Waals surface area (Å²) < 4.78 is 6.65. The first-order valence-electron chi connectivity index (χ1n) is 6.11. The van der Waals surface area contributed by atoms with Gasteiger partial charge in [-0.15, -0.1) is 0 Å². The van der Waals surface area contributed by atoms with Gasteiger partial charge in [0, 0.05) is 15.0 Å². The molecule has 0 bridgehead atoms. The Labute approximate surface area is 131 Å². The van der Waals surface area contributed by atoms with E-state index in [0.29, 0.717) is 0 Å². The molecule has 0 amide bonds. The maximum Gasteiger partial charge on any atom is 0.122 e. The van der Waals surface area contributed by atoms with Gasteiger partial charge in [0.25, 0.3) is 0 Å². The van der Waals surface area contributed by atoms with Crippen molar-refractivity contribution in [1.82, 2.24) is 0 Å². The van der Waals surface area contributed by atoms with Crippen LogP contribution in [0.15, 0.2) is 36.4 Å². The van der Waals surface area contributed by atoms with E-state index in [1.807, 2.05) is 30.3 Å². The molecule has 0 aliphatic carbocycles. The van der Waals surface area contributed by atoms with Crippen LogP contribution in [-0.2, 0) is 6.42 Å². The molecule has 2 aromatic rings. The van der Waals surface area contributed by atoms with E-state index in [1.54, 1.807) is 0 Å². The van der Waals surface area contributed by atoms with E-state index < -0.39 is 0 Å². The van der Waals surface area contributed by atoms with Crippen molar-refractivity contribution in [1.29, 1.82) is 0 Å². The van der Waals surface area contributed by atoms with Crippen molar-refractivity contribution in [2.24, 2.45) is 5.73 Å². The summed E-state index contributed by atoms with van der Waals surface area (Å²) in [6, 6.07) is 11.9. The number of rotatable bonds is 2. The second-order valence-corrected chi connectivity index (χ2v) is 6.21. The largest absolute Gasteiger partial charge is 0.493 e. The fourth-order valence-corrected chi connectivity index (χ4v) is 3.18. The summed E-state index contributed by atoms with van der Waals surface area (Å²) in [7, 11) is 0. The van der Waals surface area contributed by atoms with Gasteiger partial charge in [0.05, 0.1) is 12.6 Å². The van der Waals surface area contributed by atoms with Crippen molar-refractivity contribution in [3.8, 4) is 5.75 Å². The lowest BCUT2D eigenvalue weighted by Gasteiger charge is -2.15. The minimum Gasteiger partial charge on any atom is -0.493 e. The third-order valence-corrected chi connectivity index (χ3v) is 4.58. The molecule has 19 heavy (non-hydrogen) atoms. The summed E-state index contributed by atoms with van der Waals surface area (Å²) in [5.41, 5.74) is 9.78. The van der Waals surface area contributed by atoms with Gasteiger partial charge in [0.15, 0.2) is 0 Å². The minimum absolute atomic E-state index is 0.156. The van der Waals surface area contributed by atoms with Crippen molar-refractivity contribution in [2.75, 3.05) is 6.61 Å². The number of benzene rings is 2. The molecule has 0 radical (unpaired) electrons. The molecule has 1 unspecified atom stereocenters. The molecule has 4 heteroatoms. The Balaban J connectivity index is 1.99. The molecule has 0 fully saturated rings. The first-order chi connectivity index (χ1) is 9.15. The molecule has 3 rings (SSSR count). The molecule has 1 aliphatic rings. The van der Waals surface area contributed by atoms with Crippen LogP contribution in [0, 0.1) is 3.57 Å². The Morgan fingerprint density at radius 2 is 2.05 bits per heavy atom. The highest BCUT2D eigenvalue weighted by molar-refractivity contribution is 14.1. The fourth-order valence-electron chi connectivity index (χ4n) is 2.33. The standard InChI is InChI=1S/C15H13ClINO/c16-11-2-3-13(17)12(8-11)15(18)10-1-4-14-9(7-10)5-6-19-14/h1-4,7-8,15H,5-6,18H2. The zero-order chi connectivity index (χ0) is 13.4. The van der Waals surface area contributed by atoms with Gasteiger partial charge in [-0.05, 0) is 63.5 Å². The summed E-state index contributed by atoms with van der Waals surface area (Å²) in [4.78, 5) is 0. The Morgan fingerprint density at radius 1 is 1.21 bits per heavy atom. The van der Waals surface area contributed by atoms with E-state index in [4.69, 9.17) is 22.1 Å². The maximum absolute atomic E-state index is 6.38. The van der Waals surface area contributed by atoms with Gasteiger partial charge in [0.1, 0.15) is 5.75 Å². The van der Waals surface area contributed by atoms with Gasteiger partial charge in [0.2, 0.25) is 0 Å². The van der Waals surface area contributed by atoms with Crippen LogP contribution in [0.5, 0.6) is 5.75 Å². The zero-order valence-electron chi connectivity index (χ0n) is 10.2. The van der Waals surface area contributed by atoms with Crippen LogP contribution in [-0.4, -0.2) is 6.61 Å². The van der Waals surface area contributed by atoms with Crippen LogP contribution in [0.3, 0.4) is 0 Å². The maximum atomic E-state index is 6.38. The van der Waals surface area contributed by atoms with Gasteiger partial charge in [-0.1, -0.05) is 23.7 Å². The van der Waals surface area contributed by atoms with Crippen LogP contribution in [0.4, 0.5) is 0 Å². The van der Waals surface area contributed by atoms with Crippen LogP contribution >= 0.6 is 34.2 Å². The Hall–Kier alpha value is -0.780. The molecule has 2 N–H and O–H groups in total. The van der Waals surface area contributed by atoms with E-state index in [9.17, 15) is 0 Å². The number of halogens is 2. The fraction of sp³-hybridized carbons (Fsp3) is 0.200. The van der Waals surface area contributed by atoms with E-state index in [1.165, 1.54) is 5.56 Å². The molecule has 0 saturated carbocycles. The van der Waals surface area contributed by atoms with Gasteiger partial charge in [-0.3, -0.25) is 0 Å². The molecular formula is C15H13ClINO. The molecule has 2 nitrogen and oxygen atoms in total. The molecule has 0 spiro atoms. The smallest absolute Gasteiger partial charge is 0.122 e. The Bertz CT molecular complexity index is 630. The van der Waals surface area contributed by atoms with E-state index in [2.05, 4.69) is 28.7 Å². The van der Waals surface area contributed by atoms with Crippen LogP contribution in [0.25, 0.3) is 0 Å². The molecule has 2 aromatic carbocycles. The summed E-state index contributed by atoms with van der Waals surface area (Å²) in [6.07, 6.45) is 0.961. The Kier molecular flexibility index (Phi) is 3.69. The van der Waals surface area contributed by atoms with Crippen LogP contribution in [0.2, 0.25) is 5.02 Å². The van der Waals surface area contributed by atoms with E-state index in [0.717, 1.165) is 38.5 Å². The third-order valence-electron chi connectivity index (χ3n) is 3.37. The zero-order valence-corrected chi connectivity index (χ0v) is 13.1. The Morgan fingerprint density at radius 3 is 2.89 bits per heavy atom. The average molecular weight is 386 g/mol. The highest BCUT2D eigenvalue weighted by Crippen LogP contribution is 2.31. The summed E-state index contributed by atoms with van der Waals surface area (Å²) in [5, 5.41) is 0.718. The van der Waals surface area contributed by atoms with Crippen molar-refractivity contribution < 1.29 is 4.74 Å². The second-order valence-electron chi connectivity index (χ2n) is 4.61. The first kappa shape index (κ1) is 13.2. The number of hydrogen-bond donors (Lipinski definition) is 1. The van der Waals surface area contributed by atoms with Gasteiger partial charge < -0.3 is 10.5 Å². The van der Waals surface area contributed by atoms with Crippen molar-refractivity contribution >= 4 is 34.2 Å². The summed E-state index contributed by atoms with van der Waals surface area (Å²) in [6.45, 7) is 0.767. The van der Waals surface area contributed by atoms with Gasteiger partial charge in [-0.25, -0.2) is 0 Å². The van der Waals surface area contributed by atoms with E-state index >= 15 is 0 Å². The predicted octanol–water partition coefficient (Wildman–Crippen LogP) is 3.93. The highest BCUT2D eigenvalue weighted by atomic mass is 127.